The summed E-state index contributed by atoms with van der Waals surface area (Å²) in [5, 5.41) is 3.55. The van der Waals surface area contributed by atoms with E-state index in [1.165, 1.54) is 16.3 Å². The third kappa shape index (κ3) is 1.82. The molecule has 0 radical (unpaired) electrons. The monoisotopic (exact) mass is 329 g/mol. The predicted octanol–water partition coefficient (Wildman–Crippen LogP) is 3.39. The molecule has 2 aromatic carbocycles. The van der Waals surface area contributed by atoms with Crippen LogP contribution in [0.2, 0.25) is 0 Å². The lowest BCUT2D eigenvalue weighted by Gasteiger charge is -2.04. The Kier molecular flexibility index (Phi) is 2.80. The summed E-state index contributed by atoms with van der Waals surface area (Å²) in [7, 11) is 6.25. The van der Waals surface area contributed by atoms with Crippen LogP contribution in [0.15, 0.2) is 65.3 Å². The molecule has 5 rings (SSSR count). The van der Waals surface area contributed by atoms with Gasteiger partial charge in [-0.15, -0.1) is 0 Å². The minimum Gasteiger partial charge on any atom is -0.449 e. The van der Waals surface area contributed by atoms with E-state index in [0.717, 1.165) is 28.1 Å². The van der Waals surface area contributed by atoms with E-state index in [1.807, 2.05) is 12.1 Å². The van der Waals surface area contributed by atoms with Gasteiger partial charge < -0.3 is 4.42 Å². The Balaban J connectivity index is 2.12. The van der Waals surface area contributed by atoms with Crippen LogP contribution in [0.25, 0.3) is 44.4 Å². The summed E-state index contributed by atoms with van der Waals surface area (Å²) in [6, 6.07) is 16.8. The molecule has 0 atom stereocenters. The topological polar surface area (TPSA) is 25.8 Å². The molecule has 0 spiro atoms. The SMILES string of the molecule is Cn1cc[n+](C)c1-c1c2oc3ccccc3c2c2ccccc2[n+]1C. The Morgan fingerprint density at radius 2 is 1.64 bits per heavy atom. The quantitative estimate of drug-likeness (QED) is 0.433. The van der Waals surface area contributed by atoms with Crippen molar-refractivity contribution in [1.82, 2.24) is 4.57 Å². The van der Waals surface area contributed by atoms with Gasteiger partial charge in [-0.25, -0.2) is 9.13 Å². The summed E-state index contributed by atoms with van der Waals surface area (Å²) in [4.78, 5) is 0. The lowest BCUT2D eigenvalue weighted by molar-refractivity contribution is -0.679. The van der Waals surface area contributed by atoms with Crippen molar-refractivity contribution in [2.24, 2.45) is 21.1 Å². The zero-order valence-electron chi connectivity index (χ0n) is 14.5. The average Bonchev–Trinajstić information content (AvgIpc) is 3.17. The maximum Gasteiger partial charge on any atom is 0.358 e. The zero-order valence-corrected chi connectivity index (χ0v) is 14.5. The second kappa shape index (κ2) is 4.93. The van der Waals surface area contributed by atoms with Crippen molar-refractivity contribution in [2.75, 3.05) is 0 Å². The molecule has 0 amide bonds. The van der Waals surface area contributed by atoms with Crippen LogP contribution in [0.5, 0.6) is 0 Å². The number of imidazole rings is 1. The summed E-state index contributed by atoms with van der Waals surface area (Å²) in [6.45, 7) is 0. The molecule has 0 aliphatic rings. The summed E-state index contributed by atoms with van der Waals surface area (Å²) in [5.41, 5.74) is 4.13. The highest BCUT2D eigenvalue weighted by Crippen LogP contribution is 2.37. The molecule has 0 unspecified atom stereocenters. The van der Waals surface area contributed by atoms with E-state index in [9.17, 15) is 0 Å². The molecule has 122 valence electrons. The van der Waals surface area contributed by atoms with Crippen LogP contribution in [0, 0.1) is 0 Å². The maximum absolute atomic E-state index is 6.36. The van der Waals surface area contributed by atoms with Crippen LogP contribution < -0.4 is 9.13 Å². The van der Waals surface area contributed by atoms with Crippen LogP contribution >= 0.6 is 0 Å². The normalized spacial score (nSPS) is 11.8. The van der Waals surface area contributed by atoms with Crippen LogP contribution in [0.1, 0.15) is 0 Å². The number of pyridine rings is 1. The number of fused-ring (bicyclic) bond motifs is 5. The maximum atomic E-state index is 6.36. The van der Waals surface area contributed by atoms with E-state index in [0.29, 0.717) is 0 Å². The van der Waals surface area contributed by atoms with Crippen LogP contribution in [0.3, 0.4) is 0 Å². The fourth-order valence-electron chi connectivity index (χ4n) is 3.91. The van der Waals surface area contributed by atoms with E-state index in [4.69, 9.17) is 4.42 Å². The second-order valence-corrected chi connectivity index (χ2v) is 6.57. The van der Waals surface area contributed by atoms with Gasteiger partial charge in [-0.1, -0.05) is 30.3 Å². The Morgan fingerprint density at radius 3 is 2.40 bits per heavy atom. The predicted molar refractivity (Wildman–Crippen MR) is 98.0 cm³/mol. The first-order valence-corrected chi connectivity index (χ1v) is 8.40. The number of nitrogens with zero attached hydrogens (tertiary/aromatic N) is 3. The number of furan rings is 1. The molecule has 3 aromatic heterocycles. The summed E-state index contributed by atoms with van der Waals surface area (Å²) < 4.78 is 12.9. The van der Waals surface area contributed by atoms with Crippen molar-refractivity contribution < 1.29 is 13.6 Å². The van der Waals surface area contributed by atoms with Gasteiger partial charge in [0.15, 0.2) is 0 Å². The molecule has 0 N–H and O–H groups in total. The number of hydrogen-bond acceptors (Lipinski definition) is 1. The molecule has 4 nitrogen and oxygen atoms in total. The minimum absolute atomic E-state index is 0.923. The van der Waals surface area contributed by atoms with Gasteiger partial charge in [0.25, 0.3) is 0 Å². The van der Waals surface area contributed by atoms with Gasteiger partial charge in [-0.05, 0) is 12.1 Å². The smallest absolute Gasteiger partial charge is 0.358 e. The molecule has 0 bridgehead atoms. The standard InChI is InChI=1S/C21H19N3O/c1-22-12-13-23(2)21(22)19-20-18(15-9-5-7-11-17(15)25-20)14-8-4-6-10-16(14)24(19)3/h4-13H,1-3H3/q+2. The number of aromatic nitrogens is 3. The first kappa shape index (κ1) is 14.2. The fourth-order valence-corrected chi connectivity index (χ4v) is 3.91. The van der Waals surface area contributed by atoms with Gasteiger partial charge >= 0.3 is 11.5 Å². The first-order chi connectivity index (χ1) is 12.2. The Bertz CT molecular complexity index is 1260. The van der Waals surface area contributed by atoms with Crippen LogP contribution in [-0.4, -0.2) is 4.57 Å². The zero-order chi connectivity index (χ0) is 17.1. The van der Waals surface area contributed by atoms with E-state index >= 15 is 0 Å². The largest absolute Gasteiger partial charge is 0.449 e. The van der Waals surface area contributed by atoms with Gasteiger partial charge in [0.1, 0.15) is 25.0 Å². The highest BCUT2D eigenvalue weighted by atomic mass is 16.3. The molecule has 4 heteroatoms. The van der Waals surface area contributed by atoms with E-state index in [-0.39, 0.29) is 0 Å². The Labute approximate surface area is 145 Å². The Morgan fingerprint density at radius 1 is 0.920 bits per heavy atom. The highest BCUT2D eigenvalue weighted by Gasteiger charge is 2.32. The lowest BCUT2D eigenvalue weighted by Crippen LogP contribution is -2.39. The van der Waals surface area contributed by atoms with E-state index in [2.05, 4.69) is 83.6 Å². The first-order valence-electron chi connectivity index (χ1n) is 8.40. The number of hydrogen-bond donors (Lipinski definition) is 0. The molecule has 0 aliphatic carbocycles. The van der Waals surface area contributed by atoms with E-state index < -0.39 is 0 Å². The number of benzene rings is 2. The molecule has 0 saturated carbocycles. The molecule has 0 fully saturated rings. The number of rotatable bonds is 1. The van der Waals surface area contributed by atoms with E-state index in [1.54, 1.807) is 0 Å². The van der Waals surface area contributed by atoms with Crippen molar-refractivity contribution in [3.63, 3.8) is 0 Å². The Hall–Kier alpha value is -3.14. The average molecular weight is 329 g/mol. The second-order valence-electron chi connectivity index (χ2n) is 6.57. The molecule has 5 aromatic rings. The summed E-state index contributed by atoms with van der Waals surface area (Å²) in [6.07, 6.45) is 4.14. The van der Waals surface area contributed by atoms with Gasteiger partial charge in [0.05, 0.1) is 19.5 Å². The van der Waals surface area contributed by atoms with Gasteiger partial charge in [-0.3, -0.25) is 0 Å². The van der Waals surface area contributed by atoms with Crippen molar-refractivity contribution >= 4 is 32.8 Å². The van der Waals surface area contributed by atoms with Gasteiger partial charge in [-0.2, -0.15) is 4.57 Å². The molecular weight excluding hydrogens is 310 g/mol. The molecule has 0 saturated heterocycles. The summed E-state index contributed by atoms with van der Waals surface area (Å²) in [5.74, 6) is 1.11. The van der Waals surface area contributed by atoms with Crippen molar-refractivity contribution in [2.45, 2.75) is 0 Å². The molecule has 25 heavy (non-hydrogen) atoms. The van der Waals surface area contributed by atoms with Crippen molar-refractivity contribution in [3.05, 3.63) is 60.9 Å². The van der Waals surface area contributed by atoms with Gasteiger partial charge in [0, 0.05) is 16.8 Å². The van der Waals surface area contributed by atoms with Crippen LogP contribution in [-0.2, 0) is 21.1 Å². The third-order valence-corrected chi connectivity index (χ3v) is 5.07. The fraction of sp³-hybridized carbons (Fsp3) is 0.143. The molecule has 3 heterocycles. The molecular formula is C21H19N3O+2. The third-order valence-electron chi connectivity index (χ3n) is 5.07. The van der Waals surface area contributed by atoms with Crippen molar-refractivity contribution in [3.8, 4) is 11.5 Å². The number of para-hydroxylation sites is 2. The lowest BCUT2D eigenvalue weighted by atomic mass is 10.1. The highest BCUT2D eigenvalue weighted by molar-refractivity contribution is 6.19. The van der Waals surface area contributed by atoms with Gasteiger partial charge in [0.2, 0.25) is 11.1 Å². The number of aryl methyl sites for hydroxylation is 3. The van der Waals surface area contributed by atoms with Crippen LogP contribution in [0.4, 0.5) is 0 Å². The summed E-state index contributed by atoms with van der Waals surface area (Å²) >= 11 is 0. The van der Waals surface area contributed by atoms with Crippen molar-refractivity contribution in [1.29, 1.82) is 0 Å². The minimum atomic E-state index is 0.923. The molecule has 0 aliphatic heterocycles.